The molecule has 2 heterocycles. The number of nitrogens with two attached hydrogens (primary N) is 1. The summed E-state index contributed by atoms with van der Waals surface area (Å²) in [5.74, 6) is -0.367. The summed E-state index contributed by atoms with van der Waals surface area (Å²) in [5, 5.41) is 9.25. The van der Waals surface area contributed by atoms with Gasteiger partial charge in [0.2, 0.25) is 5.91 Å². The van der Waals surface area contributed by atoms with Crippen molar-refractivity contribution in [3.8, 4) is 6.07 Å². The molecule has 0 saturated carbocycles. The van der Waals surface area contributed by atoms with Crippen molar-refractivity contribution in [1.29, 1.82) is 5.26 Å². The van der Waals surface area contributed by atoms with Crippen LogP contribution in [0, 0.1) is 25.2 Å². The zero-order chi connectivity index (χ0) is 24.0. The summed E-state index contributed by atoms with van der Waals surface area (Å²) in [6.45, 7) is 7.83. The first-order chi connectivity index (χ1) is 15.2. The molecule has 172 valence electrons. The fraction of sp³-hybridized carbons (Fsp3) is 0.500. The monoisotopic (exact) mass is 442 g/mol. The highest BCUT2D eigenvalue weighted by molar-refractivity contribution is 5.95. The van der Waals surface area contributed by atoms with Gasteiger partial charge in [-0.15, -0.1) is 0 Å². The highest BCUT2D eigenvalue weighted by atomic mass is 16.2. The molecule has 0 saturated heterocycles. The van der Waals surface area contributed by atoms with Crippen LogP contribution in [0.1, 0.15) is 61.9 Å². The van der Waals surface area contributed by atoms with Crippen molar-refractivity contribution >= 4 is 17.4 Å². The van der Waals surface area contributed by atoms with Crippen molar-refractivity contribution in [2.45, 2.75) is 66.3 Å². The van der Waals surface area contributed by atoms with E-state index in [4.69, 9.17) is 5.73 Å². The zero-order valence-corrected chi connectivity index (χ0v) is 19.0. The second-order valence-corrected chi connectivity index (χ2v) is 7.71. The van der Waals surface area contributed by atoms with Crippen molar-refractivity contribution in [2.75, 3.05) is 17.2 Å². The van der Waals surface area contributed by atoms with Gasteiger partial charge in [-0.2, -0.15) is 5.26 Å². The van der Waals surface area contributed by atoms with E-state index in [9.17, 15) is 24.4 Å². The van der Waals surface area contributed by atoms with E-state index in [2.05, 4.69) is 9.97 Å². The van der Waals surface area contributed by atoms with E-state index in [1.54, 1.807) is 13.8 Å². The van der Waals surface area contributed by atoms with Gasteiger partial charge in [-0.3, -0.25) is 23.9 Å². The highest BCUT2D eigenvalue weighted by Crippen LogP contribution is 2.21. The lowest BCUT2D eigenvalue weighted by atomic mass is 9.99. The minimum atomic E-state index is -0.701. The molecular weight excluding hydrogens is 412 g/mol. The van der Waals surface area contributed by atoms with Crippen LogP contribution in [0.2, 0.25) is 0 Å². The molecule has 0 aliphatic heterocycles. The summed E-state index contributed by atoms with van der Waals surface area (Å²) in [5.41, 5.74) is 6.23. The Kier molecular flexibility index (Phi) is 8.18. The molecule has 10 heteroatoms. The van der Waals surface area contributed by atoms with Gasteiger partial charge in [-0.25, -0.2) is 4.79 Å². The Balaban J connectivity index is 2.45. The van der Waals surface area contributed by atoms with Crippen molar-refractivity contribution < 1.29 is 4.79 Å². The van der Waals surface area contributed by atoms with E-state index in [1.165, 1.54) is 9.47 Å². The molecule has 2 aromatic heterocycles. The number of unbranched alkanes of at least 4 members (excludes halogenated alkanes) is 1. The number of H-pyrrole nitrogens is 2. The fourth-order valence-electron chi connectivity index (χ4n) is 3.75. The molecule has 0 aliphatic carbocycles. The first-order valence-electron chi connectivity index (χ1n) is 10.7. The summed E-state index contributed by atoms with van der Waals surface area (Å²) >= 11 is 0. The van der Waals surface area contributed by atoms with Gasteiger partial charge in [0.25, 0.3) is 11.1 Å². The predicted molar refractivity (Wildman–Crippen MR) is 123 cm³/mol. The largest absolute Gasteiger partial charge is 0.383 e. The number of hydrogen-bond acceptors (Lipinski definition) is 6. The Morgan fingerprint density at radius 2 is 1.81 bits per heavy atom. The molecule has 0 aromatic carbocycles. The van der Waals surface area contributed by atoms with Gasteiger partial charge in [0.15, 0.2) is 5.69 Å². The second kappa shape index (κ2) is 10.6. The second-order valence-electron chi connectivity index (χ2n) is 7.71. The number of amides is 1. The van der Waals surface area contributed by atoms with Crippen LogP contribution in [0.4, 0.5) is 11.5 Å². The number of rotatable bonds is 9. The normalized spacial score (nSPS) is 10.7. The lowest BCUT2D eigenvalue weighted by molar-refractivity contribution is -0.118. The van der Waals surface area contributed by atoms with Gasteiger partial charge in [-0.1, -0.05) is 20.3 Å². The quantitative estimate of drug-likeness (QED) is 0.533. The number of carbonyl (C=O) groups is 1. The Labute approximate surface area is 185 Å². The summed E-state index contributed by atoms with van der Waals surface area (Å²) in [6, 6.07) is 1.90. The molecule has 0 radical (unpaired) electrons. The summed E-state index contributed by atoms with van der Waals surface area (Å²) in [6.07, 6.45) is 2.38. The maximum Gasteiger partial charge on any atom is 0.330 e. The minimum absolute atomic E-state index is 0.0215. The third-order valence-electron chi connectivity index (χ3n) is 5.48. The fourth-order valence-corrected chi connectivity index (χ4v) is 3.75. The maximum atomic E-state index is 13.2. The summed E-state index contributed by atoms with van der Waals surface area (Å²) in [4.78, 5) is 56.2. The van der Waals surface area contributed by atoms with Crippen molar-refractivity contribution in [1.82, 2.24) is 14.5 Å². The van der Waals surface area contributed by atoms with Gasteiger partial charge < -0.3 is 15.6 Å². The number of nitrogens with zero attached hydrogens (tertiary/aromatic N) is 3. The number of nitrogens with one attached hydrogen (secondary N) is 2. The molecule has 10 nitrogen and oxygen atoms in total. The van der Waals surface area contributed by atoms with Crippen LogP contribution in [0.15, 0.2) is 14.4 Å². The molecule has 4 N–H and O–H groups in total. The third kappa shape index (κ3) is 4.99. The van der Waals surface area contributed by atoms with Crippen LogP contribution in [0.25, 0.3) is 0 Å². The summed E-state index contributed by atoms with van der Waals surface area (Å²) in [7, 11) is 0. The number of anilines is 2. The number of aromatic nitrogens is 3. The van der Waals surface area contributed by atoms with Crippen LogP contribution in [-0.4, -0.2) is 27.0 Å². The molecule has 1 amide bonds. The zero-order valence-electron chi connectivity index (χ0n) is 19.0. The number of hydrogen-bond donors (Lipinski definition) is 3. The first kappa shape index (κ1) is 24.7. The van der Waals surface area contributed by atoms with E-state index in [-0.39, 0.29) is 42.4 Å². The molecule has 0 aliphatic rings. The number of pyridine rings is 1. The van der Waals surface area contributed by atoms with E-state index >= 15 is 0 Å². The molecular formula is C22H30N6O4. The van der Waals surface area contributed by atoms with E-state index in [0.717, 1.165) is 6.42 Å². The summed E-state index contributed by atoms with van der Waals surface area (Å²) < 4.78 is 1.26. The highest BCUT2D eigenvalue weighted by Gasteiger charge is 2.24. The number of nitrogen functional groups attached to an aromatic ring is 1. The van der Waals surface area contributed by atoms with E-state index < -0.39 is 16.8 Å². The SMILES string of the molecule is CCCCN(C(=O)CCc1c(C)[nH]c(=O)c(C#N)c1C)c1c(N)n(CCC)c(=O)[nH]c1=O. The van der Waals surface area contributed by atoms with Crippen LogP contribution < -0.4 is 27.4 Å². The molecule has 0 spiro atoms. The first-order valence-corrected chi connectivity index (χ1v) is 10.7. The van der Waals surface area contributed by atoms with Gasteiger partial charge >= 0.3 is 5.69 Å². The predicted octanol–water partition coefficient (Wildman–Crippen LogP) is 1.47. The van der Waals surface area contributed by atoms with Gasteiger partial charge in [-0.05, 0) is 44.2 Å². The van der Waals surface area contributed by atoms with E-state index in [1.807, 2.05) is 19.9 Å². The van der Waals surface area contributed by atoms with Crippen molar-refractivity contribution in [3.05, 3.63) is 53.6 Å². The van der Waals surface area contributed by atoms with Crippen molar-refractivity contribution in [2.24, 2.45) is 0 Å². The van der Waals surface area contributed by atoms with Gasteiger partial charge in [0, 0.05) is 25.2 Å². The topological polar surface area (TPSA) is 158 Å². The van der Waals surface area contributed by atoms with Crippen LogP contribution in [0.3, 0.4) is 0 Å². The molecule has 2 rings (SSSR count). The number of nitriles is 1. The molecule has 32 heavy (non-hydrogen) atoms. The molecule has 0 atom stereocenters. The Morgan fingerprint density at radius 3 is 2.41 bits per heavy atom. The Morgan fingerprint density at radius 1 is 1.12 bits per heavy atom. The number of carbonyl (C=O) groups excluding carboxylic acids is 1. The average Bonchev–Trinajstić information content (AvgIpc) is 2.73. The van der Waals surface area contributed by atoms with Crippen LogP contribution >= 0.6 is 0 Å². The standard InChI is InChI=1S/C22H30N6O4/c1-5-7-11-27(18-19(24)28(10-6-2)22(32)26-21(18)31)17(29)9-8-15-13(3)16(12-23)20(30)25-14(15)4/h5-11,24H2,1-4H3,(H,25,30)(H,26,31,32). The van der Waals surface area contributed by atoms with Gasteiger partial charge in [0.05, 0.1) is 0 Å². The lowest BCUT2D eigenvalue weighted by Crippen LogP contribution is -2.41. The Hall–Kier alpha value is -3.61. The maximum absolute atomic E-state index is 13.2. The Bertz CT molecular complexity index is 1220. The van der Waals surface area contributed by atoms with Crippen molar-refractivity contribution in [3.63, 3.8) is 0 Å². The average molecular weight is 443 g/mol. The minimum Gasteiger partial charge on any atom is -0.383 e. The molecule has 2 aromatic rings. The molecule has 0 unspecified atom stereocenters. The third-order valence-corrected chi connectivity index (χ3v) is 5.48. The number of aromatic amines is 2. The van der Waals surface area contributed by atoms with Crippen LogP contribution in [-0.2, 0) is 17.8 Å². The van der Waals surface area contributed by atoms with E-state index in [0.29, 0.717) is 36.2 Å². The van der Waals surface area contributed by atoms with Gasteiger partial charge in [0.1, 0.15) is 17.5 Å². The van der Waals surface area contributed by atoms with Crippen LogP contribution in [0.5, 0.6) is 0 Å². The molecule has 0 fully saturated rings. The molecule has 0 bridgehead atoms. The number of aryl methyl sites for hydroxylation is 1. The lowest BCUT2D eigenvalue weighted by Gasteiger charge is -2.24. The smallest absolute Gasteiger partial charge is 0.330 e.